The number of non-ortho nitro benzene ring substituents is 1. The van der Waals surface area contributed by atoms with Gasteiger partial charge in [0.15, 0.2) is 5.76 Å². The van der Waals surface area contributed by atoms with Crippen molar-refractivity contribution in [3.8, 4) is 22.8 Å². The molecule has 0 aliphatic rings. The number of nitrogens with one attached hydrogen (secondary N) is 1. The second-order valence-electron chi connectivity index (χ2n) is 7.47. The summed E-state index contributed by atoms with van der Waals surface area (Å²) in [6.07, 6.45) is 0. The summed E-state index contributed by atoms with van der Waals surface area (Å²) in [4.78, 5) is 28.2. The number of carbonyl (C=O) groups excluding carboxylic acids is 1. The van der Waals surface area contributed by atoms with Crippen LogP contribution in [-0.4, -0.2) is 15.8 Å². The Balaban J connectivity index is 1.53. The number of para-hydroxylation sites is 1. The van der Waals surface area contributed by atoms with Gasteiger partial charge in [0.25, 0.3) is 11.6 Å². The van der Waals surface area contributed by atoms with Crippen molar-refractivity contribution in [1.82, 2.24) is 4.98 Å². The number of amides is 1. The summed E-state index contributed by atoms with van der Waals surface area (Å²) in [5, 5.41) is 14.9. The van der Waals surface area contributed by atoms with E-state index in [1.165, 1.54) is 24.3 Å². The van der Waals surface area contributed by atoms with Gasteiger partial charge < -0.3 is 9.73 Å². The minimum Gasteiger partial charge on any atom is -0.454 e. The van der Waals surface area contributed by atoms with E-state index in [1.807, 2.05) is 48.5 Å². The Labute approximate surface area is 198 Å². The lowest BCUT2D eigenvalue weighted by Crippen LogP contribution is -2.13. The molecule has 0 aliphatic carbocycles. The van der Waals surface area contributed by atoms with Crippen LogP contribution in [0, 0.1) is 10.1 Å². The summed E-state index contributed by atoms with van der Waals surface area (Å²) >= 11 is 6.30. The maximum Gasteiger partial charge on any atom is 0.269 e. The SMILES string of the molecule is O=C(Nc1ccc([N+](=O)[O-])cc1)c1cc(-c2ccc(-c3ccccc3Cl)o2)nc2ccccc12. The van der Waals surface area contributed by atoms with E-state index < -0.39 is 4.92 Å². The molecule has 0 unspecified atom stereocenters. The summed E-state index contributed by atoms with van der Waals surface area (Å²) in [7, 11) is 0. The molecule has 0 radical (unpaired) electrons. The van der Waals surface area contributed by atoms with Gasteiger partial charge in [0, 0.05) is 28.8 Å². The molecule has 8 heteroatoms. The number of hydrogen-bond acceptors (Lipinski definition) is 5. The zero-order valence-corrected chi connectivity index (χ0v) is 18.3. The zero-order valence-electron chi connectivity index (χ0n) is 17.6. The van der Waals surface area contributed by atoms with Gasteiger partial charge in [0.2, 0.25) is 0 Å². The molecule has 0 atom stereocenters. The number of fused-ring (bicyclic) bond motifs is 1. The molecule has 0 aliphatic heterocycles. The Morgan fingerprint density at radius 1 is 0.912 bits per heavy atom. The minimum absolute atomic E-state index is 0.0539. The van der Waals surface area contributed by atoms with E-state index in [2.05, 4.69) is 10.3 Å². The van der Waals surface area contributed by atoms with Gasteiger partial charge in [-0.25, -0.2) is 4.98 Å². The lowest BCUT2D eigenvalue weighted by molar-refractivity contribution is -0.384. The van der Waals surface area contributed by atoms with Gasteiger partial charge >= 0.3 is 0 Å². The number of hydrogen-bond donors (Lipinski definition) is 1. The maximum atomic E-state index is 13.2. The third kappa shape index (κ3) is 4.12. The number of benzene rings is 3. The molecule has 0 saturated carbocycles. The number of anilines is 1. The Morgan fingerprint density at radius 2 is 1.62 bits per heavy atom. The summed E-state index contributed by atoms with van der Waals surface area (Å²) in [6.45, 7) is 0. The van der Waals surface area contributed by atoms with Crippen molar-refractivity contribution in [3.05, 3.63) is 112 Å². The lowest BCUT2D eigenvalue weighted by Gasteiger charge is -2.10. The van der Waals surface area contributed by atoms with E-state index in [-0.39, 0.29) is 11.6 Å². The van der Waals surface area contributed by atoms with Crippen LogP contribution >= 0.6 is 11.6 Å². The Bertz CT molecular complexity index is 1540. The number of aromatic nitrogens is 1. The molecule has 2 aromatic heterocycles. The van der Waals surface area contributed by atoms with E-state index in [9.17, 15) is 14.9 Å². The van der Waals surface area contributed by atoms with Gasteiger partial charge in [0.05, 0.1) is 21.0 Å². The molecule has 0 fully saturated rings. The fourth-order valence-electron chi connectivity index (χ4n) is 3.64. The van der Waals surface area contributed by atoms with Gasteiger partial charge in [0.1, 0.15) is 11.5 Å². The monoisotopic (exact) mass is 469 g/mol. The number of pyridine rings is 1. The van der Waals surface area contributed by atoms with E-state index in [0.717, 1.165) is 5.56 Å². The average Bonchev–Trinajstić information content (AvgIpc) is 3.34. The zero-order chi connectivity index (χ0) is 23.7. The highest BCUT2D eigenvalue weighted by Gasteiger charge is 2.17. The van der Waals surface area contributed by atoms with Crippen molar-refractivity contribution in [3.63, 3.8) is 0 Å². The quantitative estimate of drug-likeness (QED) is 0.221. The number of carbonyl (C=O) groups is 1. The van der Waals surface area contributed by atoms with Crippen LogP contribution < -0.4 is 5.32 Å². The van der Waals surface area contributed by atoms with Gasteiger partial charge in [-0.1, -0.05) is 41.9 Å². The summed E-state index contributed by atoms with van der Waals surface area (Å²) < 4.78 is 6.03. The van der Waals surface area contributed by atoms with Crippen LogP contribution in [0.5, 0.6) is 0 Å². The van der Waals surface area contributed by atoms with Crippen LogP contribution in [0.15, 0.2) is 95.4 Å². The summed E-state index contributed by atoms with van der Waals surface area (Å²) in [6, 6.07) is 25.6. The van der Waals surface area contributed by atoms with Crippen LogP contribution in [0.4, 0.5) is 11.4 Å². The number of nitro groups is 1. The van der Waals surface area contributed by atoms with Crippen LogP contribution in [-0.2, 0) is 0 Å². The summed E-state index contributed by atoms with van der Waals surface area (Å²) in [5.41, 5.74) is 2.66. The fraction of sp³-hybridized carbons (Fsp3) is 0. The van der Waals surface area contributed by atoms with Crippen molar-refractivity contribution in [1.29, 1.82) is 0 Å². The number of rotatable bonds is 5. The predicted molar refractivity (Wildman–Crippen MR) is 131 cm³/mol. The molecule has 3 aromatic carbocycles. The smallest absolute Gasteiger partial charge is 0.269 e. The van der Waals surface area contributed by atoms with E-state index in [1.54, 1.807) is 18.2 Å². The second kappa shape index (κ2) is 8.80. The van der Waals surface area contributed by atoms with Crippen molar-refractivity contribution in [2.75, 3.05) is 5.32 Å². The van der Waals surface area contributed by atoms with Crippen LogP contribution in [0.2, 0.25) is 5.02 Å². The van der Waals surface area contributed by atoms with Crippen molar-refractivity contribution < 1.29 is 14.1 Å². The average molecular weight is 470 g/mol. The van der Waals surface area contributed by atoms with Crippen molar-refractivity contribution in [2.45, 2.75) is 0 Å². The minimum atomic E-state index is -0.492. The third-order valence-corrected chi connectivity index (χ3v) is 5.62. The standard InChI is InChI=1S/C26H16ClN3O4/c27-21-7-3-1-6-19(21)24-13-14-25(34-24)23-15-20(18-5-2-4-8-22(18)29-23)26(31)28-16-9-11-17(12-10-16)30(32)33/h1-15H,(H,28,31). The van der Waals surface area contributed by atoms with Gasteiger partial charge in [-0.15, -0.1) is 0 Å². The molecule has 34 heavy (non-hydrogen) atoms. The van der Waals surface area contributed by atoms with Crippen LogP contribution in [0.25, 0.3) is 33.7 Å². The fourth-order valence-corrected chi connectivity index (χ4v) is 3.86. The molecule has 0 spiro atoms. The molecular weight excluding hydrogens is 454 g/mol. The van der Waals surface area contributed by atoms with E-state index in [0.29, 0.717) is 44.4 Å². The molecule has 166 valence electrons. The van der Waals surface area contributed by atoms with Crippen LogP contribution in [0.3, 0.4) is 0 Å². The summed E-state index contributed by atoms with van der Waals surface area (Å²) in [5.74, 6) is 0.712. The topological polar surface area (TPSA) is 98.3 Å². The maximum absolute atomic E-state index is 13.2. The second-order valence-corrected chi connectivity index (χ2v) is 7.88. The number of nitrogens with zero attached hydrogens (tertiary/aromatic N) is 2. The van der Waals surface area contributed by atoms with Gasteiger partial charge in [-0.2, -0.15) is 0 Å². The van der Waals surface area contributed by atoms with E-state index in [4.69, 9.17) is 16.0 Å². The molecular formula is C26H16ClN3O4. The number of nitro benzene ring substituents is 1. The number of furan rings is 1. The van der Waals surface area contributed by atoms with Gasteiger partial charge in [-0.3, -0.25) is 14.9 Å². The highest BCUT2D eigenvalue weighted by atomic mass is 35.5. The first-order chi connectivity index (χ1) is 16.5. The van der Waals surface area contributed by atoms with Crippen LogP contribution in [0.1, 0.15) is 10.4 Å². The first kappa shape index (κ1) is 21.4. The molecule has 0 bridgehead atoms. The molecule has 7 nitrogen and oxygen atoms in total. The number of halogens is 1. The Morgan fingerprint density at radius 3 is 2.38 bits per heavy atom. The van der Waals surface area contributed by atoms with Crippen molar-refractivity contribution in [2.24, 2.45) is 0 Å². The lowest BCUT2D eigenvalue weighted by atomic mass is 10.1. The molecule has 1 N–H and O–H groups in total. The highest BCUT2D eigenvalue weighted by Crippen LogP contribution is 2.33. The van der Waals surface area contributed by atoms with Gasteiger partial charge in [-0.05, 0) is 48.5 Å². The molecule has 1 amide bonds. The van der Waals surface area contributed by atoms with Crippen molar-refractivity contribution >= 4 is 39.8 Å². The molecule has 2 heterocycles. The normalized spacial score (nSPS) is 10.9. The Kier molecular flexibility index (Phi) is 5.53. The molecule has 5 aromatic rings. The molecule has 0 saturated heterocycles. The largest absolute Gasteiger partial charge is 0.454 e. The first-order valence-corrected chi connectivity index (χ1v) is 10.7. The molecule has 5 rings (SSSR count). The third-order valence-electron chi connectivity index (χ3n) is 5.29. The van der Waals surface area contributed by atoms with E-state index >= 15 is 0 Å². The Hall–Kier alpha value is -4.49. The predicted octanol–water partition coefficient (Wildman–Crippen LogP) is 6.98. The first-order valence-electron chi connectivity index (χ1n) is 10.3. The highest BCUT2D eigenvalue weighted by molar-refractivity contribution is 6.33.